The summed E-state index contributed by atoms with van der Waals surface area (Å²) in [5.41, 5.74) is 4.20. The molecular weight excluding hydrogens is 352 g/mol. The molecule has 3 aromatic rings. The number of fused-ring (bicyclic) bond motifs is 1. The Morgan fingerprint density at radius 2 is 1.79 bits per heavy atom. The average Bonchev–Trinajstić information content (AvgIpc) is 3.06. The molecule has 6 heteroatoms. The summed E-state index contributed by atoms with van der Waals surface area (Å²) in [5, 5.41) is 5.71. The molecule has 0 aliphatic heterocycles. The fourth-order valence-electron chi connectivity index (χ4n) is 3.24. The van der Waals surface area contributed by atoms with Crippen LogP contribution in [0.15, 0.2) is 42.5 Å². The zero-order valence-electron chi connectivity index (χ0n) is 16.7. The predicted molar refractivity (Wildman–Crippen MR) is 111 cm³/mol. The molecule has 146 valence electrons. The Morgan fingerprint density at radius 1 is 1.11 bits per heavy atom. The van der Waals surface area contributed by atoms with Gasteiger partial charge in [0.15, 0.2) is 0 Å². The van der Waals surface area contributed by atoms with E-state index in [1.54, 1.807) is 0 Å². The number of para-hydroxylation sites is 2. The molecule has 3 N–H and O–H groups in total. The van der Waals surface area contributed by atoms with Crippen LogP contribution >= 0.6 is 0 Å². The van der Waals surface area contributed by atoms with Gasteiger partial charge in [0.1, 0.15) is 6.04 Å². The Labute approximate surface area is 164 Å². The maximum Gasteiger partial charge on any atom is 0.251 e. The van der Waals surface area contributed by atoms with E-state index in [-0.39, 0.29) is 17.7 Å². The molecule has 0 saturated heterocycles. The first-order valence-electron chi connectivity index (χ1n) is 9.52. The van der Waals surface area contributed by atoms with Crippen LogP contribution in [0.3, 0.4) is 0 Å². The number of hydrogen-bond donors (Lipinski definition) is 3. The predicted octanol–water partition coefficient (Wildman–Crippen LogP) is 3.96. The largest absolute Gasteiger partial charge is 0.340 e. The summed E-state index contributed by atoms with van der Waals surface area (Å²) < 4.78 is 0. The van der Waals surface area contributed by atoms with Gasteiger partial charge in [0.05, 0.1) is 11.0 Å². The molecule has 6 nitrogen and oxygen atoms in total. The average molecular weight is 378 g/mol. The SMILES string of the molecule is CC[C@@H](C)[C@H](NC(=O)c1cc(C)cc(C)c1)C(=O)Nc1nc2ccccc2[nH]1. The van der Waals surface area contributed by atoms with Crippen LogP contribution in [0, 0.1) is 19.8 Å². The normalized spacial score (nSPS) is 13.1. The topological polar surface area (TPSA) is 86.9 Å². The minimum atomic E-state index is -0.661. The molecular formula is C22H26N4O2. The summed E-state index contributed by atoms with van der Waals surface area (Å²) >= 11 is 0. The van der Waals surface area contributed by atoms with Gasteiger partial charge in [-0.05, 0) is 44.0 Å². The van der Waals surface area contributed by atoms with Crippen LogP contribution in [0.2, 0.25) is 0 Å². The molecule has 0 fully saturated rings. The number of H-pyrrole nitrogens is 1. The van der Waals surface area contributed by atoms with Gasteiger partial charge in [-0.1, -0.05) is 49.6 Å². The van der Waals surface area contributed by atoms with Crippen LogP contribution in [0.5, 0.6) is 0 Å². The van der Waals surface area contributed by atoms with Crippen molar-refractivity contribution in [3.05, 3.63) is 59.2 Å². The minimum Gasteiger partial charge on any atom is -0.340 e. The van der Waals surface area contributed by atoms with Gasteiger partial charge in [-0.3, -0.25) is 14.9 Å². The van der Waals surface area contributed by atoms with E-state index in [9.17, 15) is 9.59 Å². The van der Waals surface area contributed by atoms with Crippen molar-refractivity contribution in [2.75, 3.05) is 5.32 Å². The number of anilines is 1. The second kappa shape index (κ2) is 8.25. The van der Waals surface area contributed by atoms with Gasteiger partial charge in [-0.15, -0.1) is 0 Å². The quantitative estimate of drug-likeness (QED) is 0.607. The van der Waals surface area contributed by atoms with E-state index >= 15 is 0 Å². The number of amides is 2. The molecule has 0 aliphatic rings. The number of carbonyl (C=O) groups is 2. The van der Waals surface area contributed by atoms with E-state index in [1.807, 2.05) is 70.2 Å². The second-order valence-electron chi connectivity index (χ2n) is 7.30. The fourth-order valence-corrected chi connectivity index (χ4v) is 3.24. The number of aromatic nitrogens is 2. The lowest BCUT2D eigenvalue weighted by Crippen LogP contribution is -2.47. The highest BCUT2D eigenvalue weighted by Gasteiger charge is 2.27. The monoisotopic (exact) mass is 378 g/mol. The van der Waals surface area contributed by atoms with Gasteiger partial charge in [0, 0.05) is 5.56 Å². The first-order chi connectivity index (χ1) is 13.4. The van der Waals surface area contributed by atoms with Crippen molar-refractivity contribution >= 4 is 28.8 Å². The summed E-state index contributed by atoms with van der Waals surface area (Å²) in [5.74, 6) is -0.192. The molecule has 0 saturated carbocycles. The standard InChI is InChI=1S/C22H26N4O2/c1-5-15(4)19(25-20(27)16-11-13(2)10-14(3)12-16)21(28)26-22-23-17-8-6-7-9-18(17)24-22/h6-12,15,19H,5H2,1-4H3,(H,25,27)(H2,23,24,26,28)/t15-,19+/m1/s1. The lowest BCUT2D eigenvalue weighted by Gasteiger charge is -2.23. The maximum absolute atomic E-state index is 12.9. The van der Waals surface area contributed by atoms with Gasteiger partial charge in [0.25, 0.3) is 5.91 Å². The minimum absolute atomic E-state index is 0.0285. The molecule has 0 aliphatic carbocycles. The zero-order valence-corrected chi connectivity index (χ0v) is 16.7. The molecule has 0 radical (unpaired) electrons. The van der Waals surface area contributed by atoms with E-state index in [1.165, 1.54) is 0 Å². The van der Waals surface area contributed by atoms with E-state index in [0.29, 0.717) is 11.5 Å². The molecule has 3 rings (SSSR count). The number of aromatic amines is 1. The zero-order chi connectivity index (χ0) is 20.3. The van der Waals surface area contributed by atoms with Crippen molar-refractivity contribution in [1.29, 1.82) is 0 Å². The van der Waals surface area contributed by atoms with Crippen molar-refractivity contribution in [1.82, 2.24) is 15.3 Å². The Kier molecular flexibility index (Phi) is 5.78. The van der Waals surface area contributed by atoms with Gasteiger partial charge in [0.2, 0.25) is 11.9 Å². The third-order valence-electron chi connectivity index (χ3n) is 4.90. The molecule has 0 unspecified atom stereocenters. The molecule has 2 amide bonds. The van der Waals surface area contributed by atoms with Crippen LogP contribution in [0.1, 0.15) is 41.8 Å². The summed E-state index contributed by atoms with van der Waals surface area (Å²) in [6, 6.07) is 12.6. The fraction of sp³-hybridized carbons (Fsp3) is 0.318. The summed E-state index contributed by atoms with van der Waals surface area (Å²) in [6.07, 6.45) is 0.755. The first-order valence-corrected chi connectivity index (χ1v) is 9.52. The Balaban J connectivity index is 1.78. The van der Waals surface area contributed by atoms with E-state index < -0.39 is 6.04 Å². The summed E-state index contributed by atoms with van der Waals surface area (Å²) in [6.45, 7) is 7.84. The first kappa shape index (κ1) is 19.6. The van der Waals surface area contributed by atoms with Crippen molar-refractivity contribution in [2.45, 2.75) is 40.2 Å². The van der Waals surface area contributed by atoms with Crippen molar-refractivity contribution < 1.29 is 9.59 Å². The van der Waals surface area contributed by atoms with Crippen LogP contribution in [-0.4, -0.2) is 27.8 Å². The number of hydrogen-bond acceptors (Lipinski definition) is 3. The van der Waals surface area contributed by atoms with E-state index in [2.05, 4.69) is 20.6 Å². The van der Waals surface area contributed by atoms with Gasteiger partial charge < -0.3 is 10.3 Å². The molecule has 1 heterocycles. The number of carbonyl (C=O) groups excluding carboxylic acids is 2. The molecule has 28 heavy (non-hydrogen) atoms. The van der Waals surface area contributed by atoms with Crippen LogP contribution in [0.4, 0.5) is 5.95 Å². The Bertz CT molecular complexity index is 955. The number of aryl methyl sites for hydroxylation is 2. The molecule has 2 atom stereocenters. The van der Waals surface area contributed by atoms with Crippen molar-refractivity contribution in [3.8, 4) is 0 Å². The summed E-state index contributed by atoms with van der Waals surface area (Å²) in [4.78, 5) is 33.1. The van der Waals surface area contributed by atoms with Gasteiger partial charge >= 0.3 is 0 Å². The van der Waals surface area contributed by atoms with Crippen LogP contribution < -0.4 is 10.6 Å². The van der Waals surface area contributed by atoms with Gasteiger partial charge in [-0.25, -0.2) is 4.98 Å². The Hall–Kier alpha value is -3.15. The molecule has 0 spiro atoms. The second-order valence-corrected chi connectivity index (χ2v) is 7.30. The van der Waals surface area contributed by atoms with E-state index in [0.717, 1.165) is 28.6 Å². The molecule has 2 aromatic carbocycles. The summed E-state index contributed by atoms with van der Waals surface area (Å²) in [7, 11) is 0. The lowest BCUT2D eigenvalue weighted by molar-refractivity contribution is -0.119. The number of nitrogens with zero attached hydrogens (tertiary/aromatic N) is 1. The molecule has 1 aromatic heterocycles. The van der Waals surface area contributed by atoms with Crippen LogP contribution in [-0.2, 0) is 4.79 Å². The highest BCUT2D eigenvalue weighted by molar-refractivity contribution is 6.01. The van der Waals surface area contributed by atoms with Crippen molar-refractivity contribution in [3.63, 3.8) is 0 Å². The van der Waals surface area contributed by atoms with Gasteiger partial charge in [-0.2, -0.15) is 0 Å². The number of rotatable bonds is 6. The third kappa shape index (κ3) is 4.39. The third-order valence-corrected chi connectivity index (χ3v) is 4.90. The smallest absolute Gasteiger partial charge is 0.251 e. The number of nitrogens with one attached hydrogen (secondary N) is 3. The number of imidazole rings is 1. The molecule has 0 bridgehead atoms. The van der Waals surface area contributed by atoms with Crippen molar-refractivity contribution in [2.24, 2.45) is 5.92 Å². The van der Waals surface area contributed by atoms with E-state index in [4.69, 9.17) is 0 Å². The van der Waals surface area contributed by atoms with Crippen LogP contribution in [0.25, 0.3) is 11.0 Å². The Morgan fingerprint density at radius 3 is 2.43 bits per heavy atom. The highest BCUT2D eigenvalue weighted by Crippen LogP contribution is 2.16. The number of benzene rings is 2. The lowest BCUT2D eigenvalue weighted by atomic mass is 9.97. The highest BCUT2D eigenvalue weighted by atomic mass is 16.2. The maximum atomic E-state index is 12.9.